The third kappa shape index (κ3) is 29.3. The monoisotopic (exact) mass is 975 g/mol. The lowest BCUT2D eigenvalue weighted by molar-refractivity contribution is -0.332. The molecule has 0 aromatic heterocycles. The number of allylic oxidation sites excluding steroid dienone is 2. The van der Waals surface area contributed by atoms with Gasteiger partial charge in [0.15, 0.2) is 12.6 Å². The molecule has 0 spiro atoms. The van der Waals surface area contributed by atoms with Gasteiger partial charge in [0.25, 0.3) is 0 Å². The van der Waals surface area contributed by atoms with Crippen LogP contribution in [0.5, 0.6) is 0 Å². The molecule has 11 atom stereocenters. The predicted octanol–water partition coefficient (Wildman–Crippen LogP) is 9.02. The van der Waals surface area contributed by atoms with E-state index >= 15 is 0 Å². The van der Waals surface area contributed by atoms with Gasteiger partial charge in [-0.3, -0.25) is 4.79 Å². The number of rotatable bonds is 45. The lowest BCUT2D eigenvalue weighted by atomic mass is 9.98. The number of carbonyl (C=O) groups is 1. The van der Waals surface area contributed by atoms with E-state index in [2.05, 4.69) is 26.0 Å². The Labute approximate surface area is 412 Å². The summed E-state index contributed by atoms with van der Waals surface area (Å²) in [7, 11) is 0. The van der Waals surface area contributed by atoms with Crippen molar-refractivity contribution in [1.82, 2.24) is 0 Å². The van der Waals surface area contributed by atoms with Gasteiger partial charge in [-0.25, -0.2) is 0 Å². The Hall–Kier alpha value is -1.27. The highest BCUT2D eigenvalue weighted by Gasteiger charge is 2.47. The SMILES string of the molecule is CCCCCCCCCC/C=C\CCCCCCCCCCCCCCOCC(COC1OC(COC2OC(CO)C(O)C(O)C2O)C(O)C(O)C1O)OC(=O)CCCCCCCCCCCC. The summed E-state index contributed by atoms with van der Waals surface area (Å²) in [5.41, 5.74) is 0. The zero-order chi connectivity index (χ0) is 49.5. The van der Waals surface area contributed by atoms with Crippen molar-refractivity contribution < 1.29 is 69.0 Å². The molecule has 2 aliphatic rings. The minimum Gasteiger partial charge on any atom is -0.457 e. The number of hydrogen-bond acceptors (Lipinski definition) is 14. The third-order valence-electron chi connectivity index (χ3n) is 13.5. The molecule has 0 saturated carbocycles. The van der Waals surface area contributed by atoms with Gasteiger partial charge in [-0.05, 0) is 38.5 Å². The van der Waals surface area contributed by atoms with E-state index < -0.39 is 80.7 Å². The Morgan fingerprint density at radius 2 is 0.868 bits per heavy atom. The van der Waals surface area contributed by atoms with E-state index in [9.17, 15) is 40.5 Å². The molecule has 7 N–H and O–H groups in total. The number of aliphatic hydroxyl groups excluding tert-OH is 7. The van der Waals surface area contributed by atoms with Gasteiger partial charge in [-0.1, -0.05) is 193 Å². The molecule has 14 nitrogen and oxygen atoms in total. The summed E-state index contributed by atoms with van der Waals surface area (Å²) in [6.45, 7) is 3.70. The van der Waals surface area contributed by atoms with Crippen LogP contribution >= 0.6 is 0 Å². The molecule has 2 aliphatic heterocycles. The van der Waals surface area contributed by atoms with Crippen LogP contribution < -0.4 is 0 Å². The lowest BCUT2D eigenvalue weighted by Crippen LogP contribution is -2.61. The molecule has 11 unspecified atom stereocenters. The zero-order valence-corrected chi connectivity index (χ0v) is 42.9. The molecule has 0 amide bonds. The Balaban J connectivity index is 1.67. The molecule has 14 heteroatoms. The van der Waals surface area contributed by atoms with Crippen LogP contribution in [0.4, 0.5) is 0 Å². The van der Waals surface area contributed by atoms with Crippen molar-refractivity contribution in [2.45, 2.75) is 293 Å². The number of carbonyl (C=O) groups excluding carboxylic acids is 1. The second-order valence-electron chi connectivity index (χ2n) is 19.8. The van der Waals surface area contributed by atoms with Crippen molar-refractivity contribution in [3.63, 3.8) is 0 Å². The summed E-state index contributed by atoms with van der Waals surface area (Å²) in [5, 5.41) is 72.1. The van der Waals surface area contributed by atoms with Gasteiger partial charge in [0, 0.05) is 13.0 Å². The molecule has 0 aliphatic carbocycles. The van der Waals surface area contributed by atoms with Crippen molar-refractivity contribution in [2.75, 3.05) is 33.0 Å². The Morgan fingerprint density at radius 3 is 1.34 bits per heavy atom. The average Bonchev–Trinajstić information content (AvgIpc) is 3.33. The summed E-state index contributed by atoms with van der Waals surface area (Å²) >= 11 is 0. The Morgan fingerprint density at radius 1 is 0.471 bits per heavy atom. The Bertz CT molecular complexity index is 1180. The molecule has 2 saturated heterocycles. The van der Waals surface area contributed by atoms with E-state index in [1.54, 1.807) is 0 Å². The number of unbranched alkanes of at least 4 members (excludes halogenated alkanes) is 29. The minimum atomic E-state index is -1.70. The van der Waals surface area contributed by atoms with E-state index in [0.29, 0.717) is 13.0 Å². The van der Waals surface area contributed by atoms with Gasteiger partial charge >= 0.3 is 5.97 Å². The van der Waals surface area contributed by atoms with E-state index in [-0.39, 0.29) is 25.6 Å². The van der Waals surface area contributed by atoms with Crippen LogP contribution in [0.25, 0.3) is 0 Å². The highest BCUT2D eigenvalue weighted by Crippen LogP contribution is 2.27. The molecule has 0 radical (unpaired) electrons. The fourth-order valence-corrected chi connectivity index (χ4v) is 8.99. The maximum absolute atomic E-state index is 13.0. The molecule has 2 heterocycles. The number of ether oxygens (including phenoxy) is 6. The summed E-state index contributed by atoms with van der Waals surface area (Å²) in [4.78, 5) is 13.0. The van der Waals surface area contributed by atoms with Gasteiger partial charge in [-0.2, -0.15) is 0 Å². The van der Waals surface area contributed by atoms with Gasteiger partial charge in [-0.15, -0.1) is 0 Å². The molecule has 2 rings (SSSR count). The number of hydrogen-bond donors (Lipinski definition) is 7. The van der Waals surface area contributed by atoms with Crippen LogP contribution in [-0.2, 0) is 33.2 Å². The standard InChI is InChI=1S/C54H102O14/c1-3-5-7-9-11-13-15-16-17-18-19-20-21-22-23-24-25-26-27-28-30-32-34-36-38-63-40-43(66-46(56)37-35-33-31-29-14-12-10-8-6-4-2)41-64-53-52(62)50(60)48(58)45(68-53)42-65-54-51(61)49(59)47(57)44(39-55)67-54/h18-19,43-45,47-55,57-62H,3-17,20-42H2,1-2H3/b19-18-. The van der Waals surface area contributed by atoms with Gasteiger partial charge in [0.05, 0.1) is 26.4 Å². The zero-order valence-electron chi connectivity index (χ0n) is 42.9. The second kappa shape index (κ2) is 42.3. The highest BCUT2D eigenvalue weighted by atomic mass is 16.7. The minimum absolute atomic E-state index is 0.0669. The lowest BCUT2D eigenvalue weighted by Gasteiger charge is -2.42. The third-order valence-corrected chi connectivity index (χ3v) is 13.5. The molecule has 2 fully saturated rings. The molecule has 0 aromatic carbocycles. The Kier molecular flexibility index (Phi) is 39.1. The molecule has 68 heavy (non-hydrogen) atoms. The van der Waals surface area contributed by atoms with Crippen molar-refractivity contribution in [1.29, 1.82) is 0 Å². The van der Waals surface area contributed by atoms with Crippen molar-refractivity contribution in [3.05, 3.63) is 12.2 Å². The molecule has 0 aromatic rings. The van der Waals surface area contributed by atoms with Crippen LogP contribution in [0.1, 0.15) is 226 Å². The van der Waals surface area contributed by atoms with Crippen molar-refractivity contribution in [3.8, 4) is 0 Å². The normalized spacial score (nSPS) is 25.9. The summed E-state index contributed by atoms with van der Waals surface area (Å²) in [6, 6.07) is 0. The number of aliphatic hydroxyl groups is 7. The first-order valence-corrected chi connectivity index (χ1v) is 27.8. The van der Waals surface area contributed by atoms with E-state index in [4.69, 9.17) is 28.4 Å². The average molecular weight is 975 g/mol. The van der Waals surface area contributed by atoms with E-state index in [1.165, 1.54) is 161 Å². The molecule has 402 valence electrons. The van der Waals surface area contributed by atoms with Crippen molar-refractivity contribution in [2.24, 2.45) is 0 Å². The first-order valence-electron chi connectivity index (χ1n) is 27.8. The van der Waals surface area contributed by atoms with E-state index in [1.807, 2.05) is 0 Å². The van der Waals surface area contributed by atoms with Crippen LogP contribution in [0.3, 0.4) is 0 Å². The van der Waals surface area contributed by atoms with Crippen LogP contribution in [0.2, 0.25) is 0 Å². The summed E-state index contributed by atoms with van der Waals surface area (Å²) in [5.74, 6) is -0.375. The van der Waals surface area contributed by atoms with Crippen LogP contribution in [0.15, 0.2) is 12.2 Å². The first-order chi connectivity index (χ1) is 33.1. The topological polar surface area (TPSA) is 214 Å². The first kappa shape index (κ1) is 62.8. The fraction of sp³-hybridized carbons (Fsp3) is 0.944. The summed E-state index contributed by atoms with van der Waals surface area (Å²) in [6.07, 6.45) is 28.6. The maximum Gasteiger partial charge on any atom is 0.306 e. The molecular formula is C54H102O14. The fourth-order valence-electron chi connectivity index (χ4n) is 8.99. The predicted molar refractivity (Wildman–Crippen MR) is 266 cm³/mol. The smallest absolute Gasteiger partial charge is 0.306 e. The number of esters is 1. The molecule has 0 bridgehead atoms. The highest BCUT2D eigenvalue weighted by molar-refractivity contribution is 5.69. The summed E-state index contributed by atoms with van der Waals surface area (Å²) < 4.78 is 34.3. The second-order valence-corrected chi connectivity index (χ2v) is 19.8. The van der Waals surface area contributed by atoms with Crippen LogP contribution in [-0.4, -0.2) is 142 Å². The maximum atomic E-state index is 13.0. The van der Waals surface area contributed by atoms with Gasteiger partial charge in [0.1, 0.15) is 54.9 Å². The molecular weight excluding hydrogens is 873 g/mol. The van der Waals surface area contributed by atoms with Crippen molar-refractivity contribution >= 4 is 5.97 Å². The van der Waals surface area contributed by atoms with Crippen LogP contribution in [0, 0.1) is 0 Å². The van der Waals surface area contributed by atoms with E-state index in [0.717, 1.165) is 38.5 Å². The quantitative estimate of drug-likeness (QED) is 0.0172. The van der Waals surface area contributed by atoms with Gasteiger partial charge in [0.2, 0.25) is 0 Å². The largest absolute Gasteiger partial charge is 0.457 e. The van der Waals surface area contributed by atoms with Gasteiger partial charge < -0.3 is 64.2 Å².